The summed E-state index contributed by atoms with van der Waals surface area (Å²) in [5, 5.41) is -1.33. The zero-order chi connectivity index (χ0) is 10.7. The Bertz CT molecular complexity index is 386. The van der Waals surface area contributed by atoms with Crippen LogP contribution in [0, 0.1) is 0 Å². The van der Waals surface area contributed by atoms with Gasteiger partial charge in [-0.2, -0.15) is 0 Å². The van der Waals surface area contributed by atoms with E-state index < -0.39 is 10.5 Å². The van der Waals surface area contributed by atoms with Gasteiger partial charge in [0.05, 0.1) is 0 Å². The summed E-state index contributed by atoms with van der Waals surface area (Å²) in [5.74, 6) is 0. The van der Waals surface area contributed by atoms with Gasteiger partial charge in [-0.15, -0.1) is 0 Å². The lowest BCUT2D eigenvalue weighted by Crippen LogP contribution is -2.01. The van der Waals surface area contributed by atoms with Gasteiger partial charge in [-0.1, -0.05) is 13.0 Å². The lowest BCUT2D eigenvalue weighted by molar-refractivity contribution is 0.105. The van der Waals surface area contributed by atoms with Crippen molar-refractivity contribution in [2.45, 2.75) is 13.3 Å². The number of rotatable bonds is 3. The van der Waals surface area contributed by atoms with Gasteiger partial charge >= 0.3 is 0 Å². The Morgan fingerprint density at radius 3 is 2.14 bits per heavy atom. The van der Waals surface area contributed by atoms with E-state index in [0.29, 0.717) is 0 Å². The highest BCUT2D eigenvalue weighted by atomic mass is 35.5. The van der Waals surface area contributed by atoms with Crippen LogP contribution in [0.1, 0.15) is 33.2 Å². The van der Waals surface area contributed by atoms with Crippen LogP contribution in [-0.2, 0) is 6.42 Å². The highest BCUT2D eigenvalue weighted by Gasteiger charge is 2.14. The maximum absolute atomic E-state index is 11.0. The maximum atomic E-state index is 11.0. The SMILES string of the molecule is CCc1ccc(C(=O)Cl)c(C(=O)Cl)c1. The van der Waals surface area contributed by atoms with E-state index in [4.69, 9.17) is 23.2 Å². The fourth-order valence-corrected chi connectivity index (χ4v) is 1.47. The Hall–Kier alpha value is -0.860. The number of hydrogen-bond donors (Lipinski definition) is 0. The van der Waals surface area contributed by atoms with Crippen LogP contribution in [0.3, 0.4) is 0 Å². The number of halogens is 2. The Morgan fingerprint density at radius 2 is 1.71 bits per heavy atom. The van der Waals surface area contributed by atoms with Crippen LogP contribution >= 0.6 is 23.2 Å². The van der Waals surface area contributed by atoms with Gasteiger partial charge in [-0.05, 0) is 47.3 Å². The first-order valence-corrected chi connectivity index (χ1v) is 4.84. The van der Waals surface area contributed by atoms with Crippen molar-refractivity contribution in [1.82, 2.24) is 0 Å². The third-order valence-electron chi connectivity index (χ3n) is 1.92. The summed E-state index contributed by atoms with van der Waals surface area (Å²) < 4.78 is 0. The van der Waals surface area contributed by atoms with Crippen molar-refractivity contribution < 1.29 is 9.59 Å². The molecule has 0 spiro atoms. The van der Waals surface area contributed by atoms with Crippen LogP contribution in [0.5, 0.6) is 0 Å². The number of hydrogen-bond acceptors (Lipinski definition) is 2. The molecule has 0 bridgehead atoms. The van der Waals surface area contributed by atoms with Gasteiger partial charge in [0.2, 0.25) is 0 Å². The Labute approximate surface area is 91.8 Å². The number of carbonyl (C=O) groups excluding carboxylic acids is 2. The van der Waals surface area contributed by atoms with E-state index in [2.05, 4.69) is 0 Å². The Morgan fingerprint density at radius 1 is 1.14 bits per heavy atom. The molecule has 0 aliphatic carbocycles. The molecule has 0 aliphatic rings. The average molecular weight is 231 g/mol. The first-order valence-electron chi connectivity index (χ1n) is 4.08. The molecule has 0 heterocycles. The second-order valence-electron chi connectivity index (χ2n) is 2.78. The standard InChI is InChI=1S/C10H8Cl2O2/c1-2-6-3-4-7(9(11)13)8(5-6)10(12)14/h3-5H,2H2,1H3. The molecule has 0 aliphatic heterocycles. The van der Waals surface area contributed by atoms with Crippen LogP contribution in [-0.4, -0.2) is 10.5 Å². The minimum Gasteiger partial charge on any atom is -0.276 e. The molecule has 0 saturated carbocycles. The van der Waals surface area contributed by atoms with E-state index >= 15 is 0 Å². The van der Waals surface area contributed by atoms with Crippen LogP contribution < -0.4 is 0 Å². The van der Waals surface area contributed by atoms with E-state index in [0.717, 1.165) is 12.0 Å². The zero-order valence-corrected chi connectivity index (χ0v) is 9.02. The molecule has 0 saturated heterocycles. The molecular formula is C10H8Cl2O2. The van der Waals surface area contributed by atoms with E-state index in [9.17, 15) is 9.59 Å². The van der Waals surface area contributed by atoms with Crippen molar-refractivity contribution in [2.75, 3.05) is 0 Å². The summed E-state index contributed by atoms with van der Waals surface area (Å²) >= 11 is 10.6. The lowest BCUT2D eigenvalue weighted by atomic mass is 10.0. The van der Waals surface area contributed by atoms with Gasteiger partial charge in [-0.25, -0.2) is 0 Å². The smallest absolute Gasteiger partial charge is 0.253 e. The van der Waals surface area contributed by atoms with Crippen molar-refractivity contribution in [1.29, 1.82) is 0 Å². The molecule has 0 radical (unpaired) electrons. The first-order chi connectivity index (χ1) is 6.56. The molecule has 0 N–H and O–H groups in total. The molecule has 0 amide bonds. The highest BCUT2D eigenvalue weighted by molar-refractivity contribution is 6.71. The third kappa shape index (κ3) is 2.34. The average Bonchev–Trinajstić information content (AvgIpc) is 2.16. The minimum absolute atomic E-state index is 0.156. The summed E-state index contributed by atoms with van der Waals surface area (Å²) in [6.45, 7) is 1.94. The van der Waals surface area contributed by atoms with Crippen molar-refractivity contribution in [3.63, 3.8) is 0 Å². The molecule has 0 unspecified atom stereocenters. The number of carbonyl (C=O) groups is 2. The monoisotopic (exact) mass is 230 g/mol. The van der Waals surface area contributed by atoms with Gasteiger partial charge in [0.25, 0.3) is 10.5 Å². The van der Waals surface area contributed by atoms with Crippen LogP contribution in [0.4, 0.5) is 0 Å². The molecule has 74 valence electrons. The van der Waals surface area contributed by atoms with Crippen molar-refractivity contribution >= 4 is 33.7 Å². The van der Waals surface area contributed by atoms with E-state index in [1.807, 2.05) is 6.92 Å². The number of aryl methyl sites for hydroxylation is 1. The molecule has 14 heavy (non-hydrogen) atoms. The van der Waals surface area contributed by atoms with E-state index in [1.54, 1.807) is 12.1 Å². The molecular weight excluding hydrogens is 223 g/mol. The summed E-state index contributed by atoms with van der Waals surface area (Å²) in [4.78, 5) is 21.9. The fourth-order valence-electron chi connectivity index (χ4n) is 1.15. The normalized spacial score (nSPS) is 9.93. The van der Waals surface area contributed by atoms with E-state index in [-0.39, 0.29) is 11.1 Å². The minimum atomic E-state index is -0.670. The van der Waals surface area contributed by atoms with Crippen molar-refractivity contribution in [3.8, 4) is 0 Å². The van der Waals surface area contributed by atoms with Crippen molar-refractivity contribution in [2.24, 2.45) is 0 Å². The summed E-state index contributed by atoms with van der Waals surface area (Å²) in [7, 11) is 0. The third-order valence-corrected chi connectivity index (χ3v) is 2.32. The van der Waals surface area contributed by atoms with Gasteiger partial charge < -0.3 is 0 Å². The first kappa shape index (κ1) is 11.2. The Balaban J connectivity index is 3.31. The lowest BCUT2D eigenvalue weighted by Gasteiger charge is -2.03. The molecule has 4 heteroatoms. The van der Waals surface area contributed by atoms with Gasteiger partial charge in [0.15, 0.2) is 0 Å². The number of benzene rings is 1. The molecule has 1 aromatic carbocycles. The fraction of sp³-hybridized carbons (Fsp3) is 0.200. The summed E-state index contributed by atoms with van der Waals surface area (Å²) in [5.41, 5.74) is 1.27. The predicted molar refractivity (Wildman–Crippen MR) is 56.2 cm³/mol. The van der Waals surface area contributed by atoms with E-state index in [1.165, 1.54) is 6.07 Å². The second-order valence-corrected chi connectivity index (χ2v) is 3.47. The van der Waals surface area contributed by atoms with Crippen LogP contribution in [0.25, 0.3) is 0 Å². The van der Waals surface area contributed by atoms with Crippen LogP contribution in [0.15, 0.2) is 18.2 Å². The molecule has 0 atom stereocenters. The van der Waals surface area contributed by atoms with Crippen LogP contribution in [0.2, 0.25) is 0 Å². The summed E-state index contributed by atoms with van der Waals surface area (Å²) in [6, 6.07) is 4.85. The molecule has 0 fully saturated rings. The predicted octanol–water partition coefficient (Wildman–Crippen LogP) is 3.01. The molecule has 1 aromatic rings. The van der Waals surface area contributed by atoms with Gasteiger partial charge in [0.1, 0.15) is 0 Å². The maximum Gasteiger partial charge on any atom is 0.253 e. The van der Waals surface area contributed by atoms with Gasteiger partial charge in [0, 0.05) is 11.1 Å². The highest BCUT2D eigenvalue weighted by Crippen LogP contribution is 2.17. The second kappa shape index (κ2) is 4.58. The van der Waals surface area contributed by atoms with Gasteiger partial charge in [-0.3, -0.25) is 9.59 Å². The zero-order valence-electron chi connectivity index (χ0n) is 7.51. The topological polar surface area (TPSA) is 34.1 Å². The molecule has 2 nitrogen and oxygen atoms in total. The molecule has 1 rings (SSSR count). The Kier molecular flexibility index (Phi) is 3.67. The quantitative estimate of drug-likeness (QED) is 0.749. The van der Waals surface area contributed by atoms with Crippen molar-refractivity contribution in [3.05, 3.63) is 34.9 Å². The summed E-state index contributed by atoms with van der Waals surface area (Å²) in [6.07, 6.45) is 0.772. The molecule has 0 aromatic heterocycles. The largest absolute Gasteiger partial charge is 0.276 e.